The number of nitro groups is 1. The maximum absolute atomic E-state index is 13.1. The van der Waals surface area contributed by atoms with Gasteiger partial charge in [-0.25, -0.2) is 0 Å². The maximum Gasteiger partial charge on any atom is 0.306 e. The predicted octanol–water partition coefficient (Wildman–Crippen LogP) is 1.42. The van der Waals surface area contributed by atoms with Crippen LogP contribution in [0.2, 0.25) is 0 Å². The average molecular weight is 253 g/mol. The van der Waals surface area contributed by atoms with Crippen molar-refractivity contribution in [3.63, 3.8) is 0 Å². The molecule has 1 saturated heterocycles. The fraction of sp³-hybridized carbons (Fsp3) is 0.364. The molecular weight excluding hydrogens is 241 g/mol. The van der Waals surface area contributed by atoms with Crippen LogP contribution in [0.4, 0.5) is 15.8 Å². The van der Waals surface area contributed by atoms with Gasteiger partial charge in [0.1, 0.15) is 0 Å². The third kappa shape index (κ3) is 2.62. The molecular formula is C11H12FN3O3. The van der Waals surface area contributed by atoms with Crippen LogP contribution < -0.4 is 10.6 Å². The average Bonchev–Trinajstić information content (AvgIpc) is 2.85. The number of hydrogen-bond acceptors (Lipinski definition) is 4. The van der Waals surface area contributed by atoms with Crippen LogP contribution >= 0.6 is 0 Å². The van der Waals surface area contributed by atoms with Crippen molar-refractivity contribution in [2.24, 2.45) is 0 Å². The molecule has 0 aliphatic carbocycles. The van der Waals surface area contributed by atoms with Gasteiger partial charge in [0.05, 0.1) is 11.0 Å². The predicted molar refractivity (Wildman–Crippen MR) is 62.7 cm³/mol. The minimum atomic E-state index is -0.919. The van der Waals surface area contributed by atoms with E-state index >= 15 is 0 Å². The summed E-state index contributed by atoms with van der Waals surface area (Å²) in [4.78, 5) is 21.5. The lowest BCUT2D eigenvalue weighted by molar-refractivity contribution is -0.387. The second kappa shape index (κ2) is 5.09. The number of benzene rings is 1. The van der Waals surface area contributed by atoms with E-state index in [4.69, 9.17) is 0 Å². The highest BCUT2D eigenvalue weighted by atomic mass is 19.1. The zero-order valence-corrected chi connectivity index (χ0v) is 9.48. The molecule has 0 aromatic heterocycles. The van der Waals surface area contributed by atoms with Gasteiger partial charge in [0.2, 0.25) is 11.7 Å². The van der Waals surface area contributed by atoms with Gasteiger partial charge in [0, 0.05) is 11.8 Å². The Morgan fingerprint density at radius 1 is 1.56 bits per heavy atom. The van der Waals surface area contributed by atoms with Crippen molar-refractivity contribution in [2.75, 3.05) is 11.9 Å². The Morgan fingerprint density at radius 2 is 2.33 bits per heavy atom. The molecule has 0 saturated carbocycles. The van der Waals surface area contributed by atoms with Gasteiger partial charge in [-0.1, -0.05) is 0 Å². The van der Waals surface area contributed by atoms with Gasteiger partial charge in [-0.15, -0.1) is 0 Å². The van der Waals surface area contributed by atoms with E-state index in [-0.39, 0.29) is 17.6 Å². The van der Waals surface area contributed by atoms with Crippen molar-refractivity contribution in [1.82, 2.24) is 5.32 Å². The smallest absolute Gasteiger partial charge is 0.306 e. The zero-order valence-electron chi connectivity index (χ0n) is 9.48. The number of nitro benzene ring substituents is 1. The summed E-state index contributed by atoms with van der Waals surface area (Å²) in [5.74, 6) is -1.18. The number of nitrogens with one attached hydrogen (secondary N) is 2. The molecule has 96 valence electrons. The summed E-state index contributed by atoms with van der Waals surface area (Å²) in [5, 5.41) is 16.1. The second-order valence-electron chi connectivity index (χ2n) is 4.06. The van der Waals surface area contributed by atoms with Crippen LogP contribution in [0.15, 0.2) is 18.2 Å². The molecule has 2 N–H and O–H groups in total. The summed E-state index contributed by atoms with van der Waals surface area (Å²) in [7, 11) is 0. The molecule has 1 amide bonds. The Kier molecular flexibility index (Phi) is 3.52. The Balaban J connectivity index is 2.11. The van der Waals surface area contributed by atoms with E-state index in [1.165, 1.54) is 6.07 Å². The minimum Gasteiger partial charge on any atom is -0.324 e. The number of hydrogen-bond donors (Lipinski definition) is 2. The van der Waals surface area contributed by atoms with Crippen LogP contribution in [0.1, 0.15) is 12.8 Å². The normalized spacial score (nSPS) is 18.6. The van der Waals surface area contributed by atoms with E-state index < -0.39 is 16.4 Å². The molecule has 2 rings (SSSR count). The molecule has 1 aliphatic heterocycles. The lowest BCUT2D eigenvalue weighted by Gasteiger charge is -2.10. The highest BCUT2D eigenvalue weighted by molar-refractivity contribution is 5.95. The van der Waals surface area contributed by atoms with Crippen molar-refractivity contribution in [3.8, 4) is 0 Å². The maximum atomic E-state index is 13.1. The summed E-state index contributed by atoms with van der Waals surface area (Å²) in [6.07, 6.45) is 1.65. The van der Waals surface area contributed by atoms with Crippen molar-refractivity contribution in [3.05, 3.63) is 34.1 Å². The molecule has 0 radical (unpaired) electrons. The highest BCUT2D eigenvalue weighted by Gasteiger charge is 2.23. The number of nitrogens with zero attached hydrogens (tertiary/aromatic N) is 1. The summed E-state index contributed by atoms with van der Waals surface area (Å²) in [6, 6.07) is 3.00. The summed E-state index contributed by atoms with van der Waals surface area (Å²) in [6.45, 7) is 0.779. The molecule has 1 aromatic carbocycles. The van der Waals surface area contributed by atoms with Gasteiger partial charge >= 0.3 is 5.69 Å². The summed E-state index contributed by atoms with van der Waals surface area (Å²) >= 11 is 0. The minimum absolute atomic E-state index is 0.224. The van der Waals surface area contributed by atoms with E-state index in [0.717, 1.165) is 31.5 Å². The molecule has 18 heavy (non-hydrogen) atoms. The van der Waals surface area contributed by atoms with E-state index in [1.807, 2.05) is 0 Å². The van der Waals surface area contributed by atoms with Crippen molar-refractivity contribution < 1.29 is 14.1 Å². The number of carbonyl (C=O) groups excluding carboxylic acids is 1. The molecule has 1 fully saturated rings. The Bertz CT molecular complexity index is 486. The van der Waals surface area contributed by atoms with Crippen LogP contribution in [-0.4, -0.2) is 23.4 Å². The largest absolute Gasteiger partial charge is 0.324 e. The lowest BCUT2D eigenvalue weighted by Crippen LogP contribution is -2.35. The Morgan fingerprint density at radius 3 is 2.94 bits per heavy atom. The van der Waals surface area contributed by atoms with Crippen LogP contribution in [-0.2, 0) is 4.79 Å². The van der Waals surface area contributed by atoms with Crippen molar-refractivity contribution in [1.29, 1.82) is 0 Å². The van der Waals surface area contributed by atoms with E-state index in [9.17, 15) is 19.3 Å². The molecule has 1 aromatic rings. The van der Waals surface area contributed by atoms with Crippen LogP contribution in [0, 0.1) is 15.9 Å². The molecule has 1 aliphatic rings. The van der Waals surface area contributed by atoms with Gasteiger partial charge in [-0.2, -0.15) is 4.39 Å². The van der Waals surface area contributed by atoms with Gasteiger partial charge in [-0.3, -0.25) is 14.9 Å². The number of anilines is 1. The van der Waals surface area contributed by atoms with Crippen molar-refractivity contribution in [2.45, 2.75) is 18.9 Å². The number of rotatable bonds is 3. The molecule has 1 heterocycles. The Labute approximate surface area is 102 Å². The monoisotopic (exact) mass is 253 g/mol. The fourth-order valence-electron chi connectivity index (χ4n) is 1.87. The first kappa shape index (κ1) is 12.4. The summed E-state index contributed by atoms with van der Waals surface area (Å²) < 4.78 is 13.1. The lowest BCUT2D eigenvalue weighted by atomic mass is 10.2. The first-order valence-electron chi connectivity index (χ1n) is 5.56. The van der Waals surface area contributed by atoms with E-state index in [2.05, 4.69) is 10.6 Å². The SMILES string of the molecule is O=C(Nc1ccc(F)c([N+](=O)[O-])c1)[C@H]1CCCN1. The number of amides is 1. The number of carbonyl (C=O) groups is 1. The molecule has 0 bridgehead atoms. The van der Waals surface area contributed by atoms with Gasteiger partial charge < -0.3 is 10.6 Å². The van der Waals surface area contributed by atoms with Gasteiger partial charge in [-0.05, 0) is 31.5 Å². The molecule has 6 nitrogen and oxygen atoms in total. The van der Waals surface area contributed by atoms with Crippen LogP contribution in [0.25, 0.3) is 0 Å². The number of halogens is 1. The van der Waals surface area contributed by atoms with Crippen LogP contribution in [0.5, 0.6) is 0 Å². The molecule has 0 unspecified atom stereocenters. The third-order valence-corrected chi connectivity index (χ3v) is 2.79. The topological polar surface area (TPSA) is 84.3 Å². The fourth-order valence-corrected chi connectivity index (χ4v) is 1.87. The van der Waals surface area contributed by atoms with E-state index in [1.54, 1.807) is 0 Å². The summed E-state index contributed by atoms with van der Waals surface area (Å²) in [5.41, 5.74) is -0.422. The zero-order chi connectivity index (χ0) is 13.1. The third-order valence-electron chi connectivity index (χ3n) is 2.79. The molecule has 7 heteroatoms. The van der Waals surface area contributed by atoms with Gasteiger partial charge in [0.25, 0.3) is 0 Å². The molecule has 0 spiro atoms. The first-order chi connectivity index (χ1) is 8.58. The highest BCUT2D eigenvalue weighted by Crippen LogP contribution is 2.22. The Hall–Kier alpha value is -2.02. The van der Waals surface area contributed by atoms with E-state index in [0.29, 0.717) is 0 Å². The van der Waals surface area contributed by atoms with Gasteiger partial charge in [0.15, 0.2) is 0 Å². The van der Waals surface area contributed by atoms with Crippen molar-refractivity contribution >= 4 is 17.3 Å². The second-order valence-corrected chi connectivity index (χ2v) is 4.06. The molecule has 1 atom stereocenters. The first-order valence-corrected chi connectivity index (χ1v) is 5.56. The standard InChI is InChI=1S/C11H12FN3O3/c12-8-4-3-7(6-10(8)15(17)18)14-11(16)9-2-1-5-13-9/h3-4,6,9,13H,1-2,5H2,(H,14,16)/t9-/m1/s1. The van der Waals surface area contributed by atoms with Crippen LogP contribution in [0.3, 0.4) is 0 Å². The quantitative estimate of drug-likeness (QED) is 0.630.